The number of nitrogens with zero attached hydrogens (tertiary/aromatic N) is 1. The van der Waals surface area contributed by atoms with Gasteiger partial charge in [0.2, 0.25) is 0 Å². The van der Waals surface area contributed by atoms with Crippen molar-refractivity contribution < 1.29 is 22.6 Å². The Bertz CT molecular complexity index is 810. The summed E-state index contributed by atoms with van der Waals surface area (Å²) in [4.78, 5) is 0.179. The van der Waals surface area contributed by atoms with Crippen molar-refractivity contribution in [1.29, 1.82) is 0 Å². The average molecular weight is 352 g/mol. The van der Waals surface area contributed by atoms with Gasteiger partial charge in [0.1, 0.15) is 4.90 Å². The number of nitrogens with one attached hydrogen (secondary N) is 1. The first-order valence-corrected chi connectivity index (χ1v) is 9.43. The fourth-order valence-corrected chi connectivity index (χ4v) is 3.58. The predicted octanol–water partition coefficient (Wildman–Crippen LogP) is 2.39. The van der Waals surface area contributed by atoms with E-state index in [1.54, 1.807) is 32.2 Å². The zero-order chi connectivity index (χ0) is 17.2. The van der Waals surface area contributed by atoms with Crippen LogP contribution in [0.5, 0.6) is 11.5 Å². The molecule has 2 aromatic rings. The number of methoxy groups -OCH3 is 1. The Labute approximate surface area is 140 Å². The van der Waals surface area contributed by atoms with E-state index >= 15 is 0 Å². The van der Waals surface area contributed by atoms with Crippen LogP contribution in [-0.2, 0) is 14.6 Å². The van der Waals surface area contributed by atoms with Gasteiger partial charge in [-0.15, -0.1) is 0 Å². The second-order valence-electron chi connectivity index (χ2n) is 5.44. The molecule has 1 aliphatic heterocycles. The lowest BCUT2D eigenvalue weighted by molar-refractivity contribution is -0.0402. The fraction of sp³-hybridized carbons (Fsp3) is 0.438. The highest BCUT2D eigenvalue weighted by Crippen LogP contribution is 2.35. The van der Waals surface area contributed by atoms with Gasteiger partial charge in [-0.25, -0.2) is 8.42 Å². The van der Waals surface area contributed by atoms with Gasteiger partial charge >= 0.3 is 0 Å². The minimum absolute atomic E-state index is 0.00889. The van der Waals surface area contributed by atoms with Crippen molar-refractivity contribution in [2.75, 3.05) is 19.5 Å². The maximum atomic E-state index is 12.2. The Hall–Kier alpha value is -2.06. The van der Waals surface area contributed by atoms with Crippen molar-refractivity contribution in [3.8, 4) is 22.8 Å². The van der Waals surface area contributed by atoms with Gasteiger partial charge in [0, 0.05) is 12.0 Å². The summed E-state index contributed by atoms with van der Waals surface area (Å²) in [6.45, 7) is 2.28. The number of aromatic nitrogens is 2. The normalized spacial score (nSPS) is 17.8. The monoisotopic (exact) mass is 352 g/mol. The Kier molecular flexibility index (Phi) is 4.77. The number of ether oxygens (including phenoxy) is 3. The van der Waals surface area contributed by atoms with Gasteiger partial charge < -0.3 is 14.2 Å². The van der Waals surface area contributed by atoms with Crippen LogP contribution in [0.15, 0.2) is 29.3 Å². The predicted molar refractivity (Wildman–Crippen MR) is 87.9 cm³/mol. The molecule has 0 radical (unpaired) electrons. The molecule has 0 spiro atoms. The van der Waals surface area contributed by atoms with E-state index in [0.29, 0.717) is 29.4 Å². The van der Waals surface area contributed by atoms with Crippen LogP contribution in [0.3, 0.4) is 0 Å². The summed E-state index contributed by atoms with van der Waals surface area (Å²) in [6, 6.07) is 5.24. The molecule has 0 bridgehead atoms. The standard InChI is InChI=1S/C16H20N2O5S/c1-3-24(19,20)14-10-17-18-16(14)11-6-7-12(21-2)13(9-11)23-15-5-4-8-22-15/h6-7,9-10,15H,3-5,8H2,1-2H3,(H,17,18). The molecule has 1 aromatic heterocycles. The van der Waals surface area contributed by atoms with Crippen molar-refractivity contribution in [2.45, 2.75) is 31.0 Å². The van der Waals surface area contributed by atoms with E-state index in [1.165, 1.54) is 6.20 Å². The second-order valence-corrected chi connectivity index (χ2v) is 7.69. The van der Waals surface area contributed by atoms with Crippen LogP contribution in [0, 0.1) is 0 Å². The van der Waals surface area contributed by atoms with Crippen LogP contribution in [0.25, 0.3) is 11.3 Å². The second kappa shape index (κ2) is 6.82. The summed E-state index contributed by atoms with van der Waals surface area (Å²) in [5.41, 5.74) is 1.10. The fourth-order valence-electron chi connectivity index (χ4n) is 2.58. The molecule has 8 heteroatoms. The lowest BCUT2D eigenvalue weighted by Gasteiger charge is -2.16. The SMILES string of the molecule is CCS(=O)(=O)c1cn[nH]c1-c1ccc(OC)c(OC2CCCO2)c1. The van der Waals surface area contributed by atoms with E-state index in [2.05, 4.69) is 10.2 Å². The largest absolute Gasteiger partial charge is 0.493 e. The Balaban J connectivity index is 1.99. The van der Waals surface area contributed by atoms with Gasteiger partial charge in [-0.2, -0.15) is 5.10 Å². The molecule has 3 rings (SSSR count). The molecule has 0 aliphatic carbocycles. The molecule has 0 amide bonds. The number of benzene rings is 1. The quantitative estimate of drug-likeness (QED) is 0.858. The van der Waals surface area contributed by atoms with Crippen LogP contribution < -0.4 is 9.47 Å². The first kappa shape index (κ1) is 16.8. The Morgan fingerprint density at radius 3 is 2.88 bits per heavy atom. The summed E-state index contributed by atoms with van der Waals surface area (Å²) >= 11 is 0. The average Bonchev–Trinajstić information content (AvgIpc) is 3.26. The van der Waals surface area contributed by atoms with Crippen LogP contribution in [0.4, 0.5) is 0 Å². The van der Waals surface area contributed by atoms with Crippen LogP contribution >= 0.6 is 0 Å². The zero-order valence-electron chi connectivity index (χ0n) is 13.6. The number of H-pyrrole nitrogens is 1. The lowest BCUT2D eigenvalue weighted by Crippen LogP contribution is -2.14. The number of aromatic amines is 1. The maximum absolute atomic E-state index is 12.2. The highest BCUT2D eigenvalue weighted by atomic mass is 32.2. The summed E-state index contributed by atoms with van der Waals surface area (Å²) in [5, 5.41) is 6.65. The van der Waals surface area contributed by atoms with Crippen LogP contribution in [0.1, 0.15) is 19.8 Å². The van der Waals surface area contributed by atoms with Gasteiger partial charge in [0.25, 0.3) is 0 Å². The van der Waals surface area contributed by atoms with Crippen LogP contribution in [-0.4, -0.2) is 44.4 Å². The van der Waals surface area contributed by atoms with Gasteiger partial charge in [-0.3, -0.25) is 5.10 Å². The first-order valence-electron chi connectivity index (χ1n) is 7.78. The lowest BCUT2D eigenvalue weighted by atomic mass is 10.1. The van der Waals surface area contributed by atoms with E-state index in [-0.39, 0.29) is 16.9 Å². The molecule has 1 aliphatic rings. The molecule has 1 N–H and O–H groups in total. The third-order valence-corrected chi connectivity index (χ3v) is 5.66. The molecule has 1 saturated heterocycles. The Morgan fingerprint density at radius 2 is 2.21 bits per heavy atom. The van der Waals surface area contributed by atoms with Crippen molar-refractivity contribution >= 4 is 9.84 Å². The smallest absolute Gasteiger partial charge is 0.200 e. The summed E-state index contributed by atoms with van der Waals surface area (Å²) in [7, 11) is -1.82. The molecule has 7 nitrogen and oxygen atoms in total. The zero-order valence-corrected chi connectivity index (χ0v) is 14.4. The summed E-state index contributed by atoms with van der Waals surface area (Å²) in [6.07, 6.45) is 2.78. The van der Waals surface area contributed by atoms with E-state index in [9.17, 15) is 8.42 Å². The Morgan fingerprint density at radius 1 is 1.38 bits per heavy atom. The van der Waals surface area contributed by atoms with Gasteiger partial charge in [-0.1, -0.05) is 6.92 Å². The summed E-state index contributed by atoms with van der Waals surface area (Å²) < 4.78 is 41.1. The molecular formula is C16H20N2O5S. The van der Waals surface area contributed by atoms with Gasteiger partial charge in [0.05, 0.1) is 31.4 Å². The molecule has 1 fully saturated rings. The topological polar surface area (TPSA) is 90.5 Å². The molecule has 1 aromatic carbocycles. The van der Waals surface area contributed by atoms with Crippen molar-refractivity contribution in [1.82, 2.24) is 10.2 Å². The van der Waals surface area contributed by atoms with Gasteiger partial charge in [-0.05, 0) is 24.6 Å². The van der Waals surface area contributed by atoms with E-state index in [1.807, 2.05) is 0 Å². The number of sulfone groups is 1. The molecular weight excluding hydrogens is 332 g/mol. The first-order chi connectivity index (χ1) is 11.5. The molecule has 1 atom stereocenters. The molecule has 130 valence electrons. The third kappa shape index (κ3) is 3.25. The van der Waals surface area contributed by atoms with Crippen LogP contribution in [0.2, 0.25) is 0 Å². The van der Waals surface area contributed by atoms with Crippen molar-refractivity contribution in [3.63, 3.8) is 0 Å². The minimum atomic E-state index is -3.38. The summed E-state index contributed by atoms with van der Waals surface area (Å²) in [5.74, 6) is 1.08. The highest BCUT2D eigenvalue weighted by Gasteiger charge is 2.23. The molecule has 2 heterocycles. The van der Waals surface area contributed by atoms with Crippen molar-refractivity contribution in [3.05, 3.63) is 24.4 Å². The molecule has 24 heavy (non-hydrogen) atoms. The highest BCUT2D eigenvalue weighted by molar-refractivity contribution is 7.91. The van der Waals surface area contributed by atoms with E-state index in [4.69, 9.17) is 14.2 Å². The molecule has 1 unspecified atom stereocenters. The maximum Gasteiger partial charge on any atom is 0.200 e. The van der Waals surface area contributed by atoms with Crippen molar-refractivity contribution in [2.24, 2.45) is 0 Å². The number of hydrogen-bond acceptors (Lipinski definition) is 6. The molecule has 0 saturated carbocycles. The third-order valence-electron chi connectivity index (χ3n) is 3.92. The van der Waals surface area contributed by atoms with E-state index < -0.39 is 9.84 Å². The minimum Gasteiger partial charge on any atom is -0.493 e. The number of rotatable bonds is 6. The van der Waals surface area contributed by atoms with Gasteiger partial charge in [0.15, 0.2) is 27.6 Å². The van der Waals surface area contributed by atoms with E-state index in [0.717, 1.165) is 12.8 Å². The number of hydrogen-bond donors (Lipinski definition) is 1.